The highest BCUT2D eigenvalue weighted by molar-refractivity contribution is 6.30. The van der Waals surface area contributed by atoms with Gasteiger partial charge < -0.3 is 4.74 Å². The second-order valence-electron chi connectivity index (χ2n) is 4.73. The third-order valence-electron chi connectivity index (χ3n) is 3.51. The van der Waals surface area contributed by atoms with E-state index < -0.39 is 16.5 Å². The fraction of sp³-hybridized carbons (Fsp3) is 0.125. The Morgan fingerprint density at radius 1 is 1.00 bits per heavy atom. The van der Waals surface area contributed by atoms with Crippen LogP contribution in [0.3, 0.4) is 0 Å². The molecule has 0 spiro atoms. The largest absolute Gasteiger partial charge is 0.493 e. The van der Waals surface area contributed by atoms with Crippen molar-refractivity contribution >= 4 is 17.3 Å². The highest BCUT2D eigenvalue weighted by Crippen LogP contribution is 2.36. The van der Waals surface area contributed by atoms with Gasteiger partial charge >= 0.3 is 0 Å². The maximum absolute atomic E-state index is 12.7. The normalized spacial score (nSPS) is 12.6. The van der Waals surface area contributed by atoms with Crippen LogP contribution in [0.25, 0.3) is 0 Å². The Morgan fingerprint density at radius 3 is 2.23 bits per heavy atom. The predicted octanol–water partition coefficient (Wildman–Crippen LogP) is 2.77. The first-order chi connectivity index (χ1) is 10.6. The Labute approximate surface area is 125 Å². The summed E-state index contributed by atoms with van der Waals surface area (Å²) in [4.78, 5) is 35.8. The van der Waals surface area contributed by atoms with E-state index in [1.807, 2.05) is 0 Å². The monoisotopic (exact) mass is 297 g/mol. The van der Waals surface area contributed by atoms with E-state index in [1.54, 1.807) is 19.1 Å². The molecule has 110 valence electrons. The van der Waals surface area contributed by atoms with Crippen molar-refractivity contribution in [2.75, 3.05) is 6.61 Å². The molecule has 1 aliphatic rings. The van der Waals surface area contributed by atoms with E-state index >= 15 is 0 Å². The van der Waals surface area contributed by atoms with E-state index in [-0.39, 0.29) is 27.9 Å². The second kappa shape index (κ2) is 5.07. The number of hydrogen-bond donors (Lipinski definition) is 0. The molecule has 0 unspecified atom stereocenters. The lowest BCUT2D eigenvalue weighted by atomic mass is 9.83. The fourth-order valence-corrected chi connectivity index (χ4v) is 2.62. The molecule has 0 N–H and O–H groups in total. The smallest absolute Gasteiger partial charge is 0.281 e. The minimum Gasteiger partial charge on any atom is -0.493 e. The average Bonchev–Trinajstić information content (AvgIpc) is 2.52. The number of nitro benzene ring substituents is 1. The van der Waals surface area contributed by atoms with Crippen molar-refractivity contribution in [3.8, 4) is 5.75 Å². The summed E-state index contributed by atoms with van der Waals surface area (Å²) in [5.41, 5.74) is -0.166. The van der Waals surface area contributed by atoms with Crippen LogP contribution in [-0.2, 0) is 0 Å². The van der Waals surface area contributed by atoms with Crippen LogP contribution in [-0.4, -0.2) is 23.1 Å². The Kier molecular flexibility index (Phi) is 3.21. The first-order valence-electron chi connectivity index (χ1n) is 6.68. The maximum Gasteiger partial charge on any atom is 0.281 e. The molecular formula is C16H11NO5. The second-order valence-corrected chi connectivity index (χ2v) is 4.73. The molecule has 22 heavy (non-hydrogen) atoms. The van der Waals surface area contributed by atoms with E-state index in [0.717, 1.165) is 0 Å². The van der Waals surface area contributed by atoms with Gasteiger partial charge in [0.05, 0.1) is 17.1 Å². The molecule has 1 aliphatic carbocycles. The molecule has 6 nitrogen and oxygen atoms in total. The summed E-state index contributed by atoms with van der Waals surface area (Å²) in [7, 11) is 0. The summed E-state index contributed by atoms with van der Waals surface area (Å²) < 4.78 is 5.41. The van der Waals surface area contributed by atoms with Crippen LogP contribution in [0.15, 0.2) is 36.4 Å². The number of ether oxygens (including phenoxy) is 1. The van der Waals surface area contributed by atoms with Crippen molar-refractivity contribution in [1.29, 1.82) is 0 Å². The van der Waals surface area contributed by atoms with E-state index in [9.17, 15) is 19.7 Å². The van der Waals surface area contributed by atoms with Crippen LogP contribution in [0.4, 0.5) is 5.69 Å². The van der Waals surface area contributed by atoms with Gasteiger partial charge in [-0.25, -0.2) is 0 Å². The number of fused-ring (bicyclic) bond motifs is 2. The minimum atomic E-state index is -0.651. The molecule has 2 aromatic carbocycles. The zero-order chi connectivity index (χ0) is 15.9. The van der Waals surface area contributed by atoms with Crippen LogP contribution in [0.1, 0.15) is 38.8 Å². The molecule has 0 aromatic heterocycles. The van der Waals surface area contributed by atoms with Gasteiger partial charge in [-0.3, -0.25) is 19.7 Å². The van der Waals surface area contributed by atoms with E-state index in [4.69, 9.17) is 4.74 Å². The number of carbonyl (C=O) groups is 2. The molecule has 0 atom stereocenters. The topological polar surface area (TPSA) is 86.5 Å². The standard InChI is InChI=1S/C16H11NO5/c1-2-22-12-8-4-6-10-14(12)16(19)9-5-3-7-11(17(20)21)13(9)15(10)18/h3-8H,2H2,1H3. The third kappa shape index (κ3) is 1.88. The number of carbonyl (C=O) groups excluding carboxylic acids is 2. The summed E-state index contributed by atoms with van der Waals surface area (Å²) >= 11 is 0. The molecule has 3 rings (SSSR count). The molecule has 0 saturated heterocycles. The number of rotatable bonds is 3. The van der Waals surface area contributed by atoms with E-state index in [1.165, 1.54) is 24.3 Å². The molecule has 2 aromatic rings. The average molecular weight is 297 g/mol. The number of nitrogens with zero attached hydrogens (tertiary/aromatic N) is 1. The number of nitro groups is 1. The van der Waals surface area contributed by atoms with Gasteiger partial charge in [0.1, 0.15) is 11.3 Å². The van der Waals surface area contributed by atoms with E-state index in [0.29, 0.717) is 12.4 Å². The van der Waals surface area contributed by atoms with Crippen molar-refractivity contribution in [3.05, 3.63) is 68.8 Å². The van der Waals surface area contributed by atoms with Gasteiger partial charge in [-0.15, -0.1) is 0 Å². The number of ketones is 2. The van der Waals surface area contributed by atoms with Crippen molar-refractivity contribution < 1.29 is 19.2 Å². The fourth-order valence-electron chi connectivity index (χ4n) is 2.62. The Bertz CT molecular complexity index is 825. The van der Waals surface area contributed by atoms with Crippen LogP contribution in [0, 0.1) is 10.1 Å². The van der Waals surface area contributed by atoms with Crippen LogP contribution in [0.5, 0.6) is 5.75 Å². The van der Waals surface area contributed by atoms with Gasteiger partial charge in [-0.05, 0) is 19.1 Å². The number of hydrogen-bond acceptors (Lipinski definition) is 5. The zero-order valence-electron chi connectivity index (χ0n) is 11.7. The summed E-state index contributed by atoms with van der Waals surface area (Å²) in [5, 5.41) is 11.1. The van der Waals surface area contributed by atoms with Crippen LogP contribution < -0.4 is 4.74 Å². The minimum absolute atomic E-state index is 0.0406. The van der Waals surface area contributed by atoms with Crippen molar-refractivity contribution in [1.82, 2.24) is 0 Å². The molecule has 0 radical (unpaired) electrons. The lowest BCUT2D eigenvalue weighted by molar-refractivity contribution is -0.385. The molecule has 0 fully saturated rings. The molecular weight excluding hydrogens is 286 g/mol. The van der Waals surface area contributed by atoms with Crippen LogP contribution in [0.2, 0.25) is 0 Å². The lowest BCUT2D eigenvalue weighted by Gasteiger charge is -2.19. The highest BCUT2D eigenvalue weighted by Gasteiger charge is 2.37. The van der Waals surface area contributed by atoms with Gasteiger partial charge in [0.15, 0.2) is 5.78 Å². The molecule has 0 amide bonds. The zero-order valence-corrected chi connectivity index (χ0v) is 11.7. The highest BCUT2D eigenvalue weighted by atomic mass is 16.6. The van der Waals surface area contributed by atoms with Crippen molar-refractivity contribution in [3.63, 3.8) is 0 Å². The van der Waals surface area contributed by atoms with Gasteiger partial charge in [0.2, 0.25) is 5.78 Å². The van der Waals surface area contributed by atoms with E-state index in [2.05, 4.69) is 0 Å². The quantitative estimate of drug-likeness (QED) is 0.548. The third-order valence-corrected chi connectivity index (χ3v) is 3.51. The van der Waals surface area contributed by atoms with Crippen LogP contribution >= 0.6 is 0 Å². The van der Waals surface area contributed by atoms with Crippen molar-refractivity contribution in [2.45, 2.75) is 6.92 Å². The SMILES string of the molecule is CCOc1cccc2c1C(=O)c1cccc([N+](=O)[O-])c1C2=O. The molecule has 0 heterocycles. The number of benzene rings is 2. The first kappa shape index (κ1) is 13.9. The molecule has 6 heteroatoms. The van der Waals surface area contributed by atoms with Crippen molar-refractivity contribution in [2.24, 2.45) is 0 Å². The summed E-state index contributed by atoms with van der Waals surface area (Å²) in [6.45, 7) is 2.12. The molecule has 0 aliphatic heterocycles. The Balaban J connectivity index is 2.30. The lowest BCUT2D eigenvalue weighted by Crippen LogP contribution is -2.23. The molecule has 0 saturated carbocycles. The van der Waals surface area contributed by atoms with Gasteiger partial charge in [0.25, 0.3) is 5.69 Å². The maximum atomic E-state index is 12.7. The van der Waals surface area contributed by atoms with Gasteiger partial charge in [-0.2, -0.15) is 0 Å². The summed E-state index contributed by atoms with van der Waals surface area (Å²) in [5.74, 6) is -0.647. The first-order valence-corrected chi connectivity index (χ1v) is 6.68. The Hall–Kier alpha value is -3.02. The predicted molar refractivity (Wildman–Crippen MR) is 77.6 cm³/mol. The van der Waals surface area contributed by atoms with Gasteiger partial charge in [-0.1, -0.05) is 18.2 Å². The summed E-state index contributed by atoms with van der Waals surface area (Å²) in [6, 6.07) is 8.73. The summed E-state index contributed by atoms with van der Waals surface area (Å²) in [6.07, 6.45) is 0. The Morgan fingerprint density at radius 2 is 1.59 bits per heavy atom. The van der Waals surface area contributed by atoms with Gasteiger partial charge in [0, 0.05) is 17.2 Å². The molecule has 0 bridgehead atoms.